The van der Waals surface area contributed by atoms with E-state index in [0.29, 0.717) is 31.6 Å². The Bertz CT molecular complexity index is 698. The molecular weight excluding hydrogens is 307 g/mol. The fourth-order valence-corrected chi connectivity index (χ4v) is 2.96. The average molecular weight is 328 g/mol. The summed E-state index contributed by atoms with van der Waals surface area (Å²) in [6, 6.07) is 13.7. The summed E-state index contributed by atoms with van der Waals surface area (Å²) in [6.07, 6.45) is 0.422. The van der Waals surface area contributed by atoms with Crippen molar-refractivity contribution in [3.8, 4) is 5.75 Å². The molecule has 0 unspecified atom stereocenters. The Morgan fingerprint density at radius 3 is 2.46 bits per heavy atom. The van der Waals surface area contributed by atoms with Crippen LogP contribution in [0.4, 0.5) is 4.39 Å². The lowest BCUT2D eigenvalue weighted by Gasteiger charge is -2.35. The highest BCUT2D eigenvalue weighted by molar-refractivity contribution is 5.78. The summed E-state index contributed by atoms with van der Waals surface area (Å²) in [5.41, 5.74) is 1.61. The van der Waals surface area contributed by atoms with Crippen molar-refractivity contribution in [2.45, 2.75) is 13.0 Å². The van der Waals surface area contributed by atoms with Crippen molar-refractivity contribution in [3.63, 3.8) is 0 Å². The zero-order valence-electron chi connectivity index (χ0n) is 13.5. The van der Waals surface area contributed by atoms with E-state index in [9.17, 15) is 14.3 Å². The molecule has 0 bridgehead atoms. The van der Waals surface area contributed by atoms with Crippen LogP contribution in [0.5, 0.6) is 5.75 Å². The van der Waals surface area contributed by atoms with Crippen LogP contribution < -0.4 is 0 Å². The van der Waals surface area contributed by atoms with Gasteiger partial charge >= 0.3 is 0 Å². The molecule has 0 radical (unpaired) electrons. The van der Waals surface area contributed by atoms with Crippen LogP contribution in [-0.4, -0.2) is 47.0 Å². The van der Waals surface area contributed by atoms with Crippen molar-refractivity contribution in [1.82, 2.24) is 9.80 Å². The predicted octanol–water partition coefficient (Wildman–Crippen LogP) is 2.42. The van der Waals surface area contributed by atoms with Gasteiger partial charge in [0.15, 0.2) is 0 Å². The summed E-state index contributed by atoms with van der Waals surface area (Å²) in [5, 5.41) is 9.81. The fraction of sp³-hybridized carbons (Fsp3) is 0.316. The maximum Gasteiger partial charge on any atom is 0.227 e. The number of hydrogen-bond acceptors (Lipinski definition) is 3. The Balaban J connectivity index is 1.52. The minimum absolute atomic E-state index is 0.110. The molecule has 0 aromatic heterocycles. The quantitative estimate of drug-likeness (QED) is 0.937. The third kappa shape index (κ3) is 4.11. The number of halogens is 1. The van der Waals surface area contributed by atoms with Gasteiger partial charge in [0, 0.05) is 38.3 Å². The van der Waals surface area contributed by atoms with Gasteiger partial charge in [-0.25, -0.2) is 4.39 Å². The first-order valence-electron chi connectivity index (χ1n) is 8.13. The standard InChI is InChI=1S/C19H21FN2O2/c20-17-6-7-18(23)16(13-17)14-21-8-10-22(11-9-21)19(24)12-15-4-2-1-3-5-15/h1-7,13,23H,8-12,14H2. The SMILES string of the molecule is O=C(Cc1ccccc1)N1CCN(Cc2cc(F)ccc2O)CC1. The monoisotopic (exact) mass is 328 g/mol. The van der Waals surface area contributed by atoms with E-state index in [-0.39, 0.29) is 17.5 Å². The maximum atomic E-state index is 13.3. The minimum atomic E-state index is -0.348. The van der Waals surface area contributed by atoms with Gasteiger partial charge in [-0.05, 0) is 23.8 Å². The van der Waals surface area contributed by atoms with Gasteiger partial charge in [0.1, 0.15) is 11.6 Å². The Morgan fingerprint density at radius 1 is 1.04 bits per heavy atom. The van der Waals surface area contributed by atoms with Gasteiger partial charge in [-0.2, -0.15) is 0 Å². The summed E-state index contributed by atoms with van der Waals surface area (Å²) >= 11 is 0. The molecular formula is C19H21FN2O2. The smallest absolute Gasteiger partial charge is 0.227 e. The van der Waals surface area contributed by atoms with Crippen molar-refractivity contribution in [2.24, 2.45) is 0 Å². The van der Waals surface area contributed by atoms with Gasteiger partial charge in [0.25, 0.3) is 0 Å². The van der Waals surface area contributed by atoms with Crippen molar-refractivity contribution >= 4 is 5.91 Å². The third-order valence-electron chi connectivity index (χ3n) is 4.36. The number of carbonyl (C=O) groups is 1. The van der Waals surface area contributed by atoms with E-state index in [1.54, 1.807) is 0 Å². The van der Waals surface area contributed by atoms with Crippen LogP contribution in [0.2, 0.25) is 0 Å². The van der Waals surface area contributed by atoms with E-state index in [1.807, 2.05) is 35.2 Å². The second-order valence-electron chi connectivity index (χ2n) is 6.09. The Morgan fingerprint density at radius 2 is 1.75 bits per heavy atom. The van der Waals surface area contributed by atoms with Crippen LogP contribution in [0.1, 0.15) is 11.1 Å². The molecule has 1 N–H and O–H groups in total. The van der Waals surface area contributed by atoms with Gasteiger partial charge in [-0.3, -0.25) is 9.69 Å². The molecule has 0 aliphatic carbocycles. The molecule has 1 fully saturated rings. The largest absolute Gasteiger partial charge is 0.508 e. The summed E-state index contributed by atoms with van der Waals surface area (Å²) in [5.74, 6) is -0.104. The lowest BCUT2D eigenvalue weighted by atomic mass is 10.1. The maximum absolute atomic E-state index is 13.3. The molecule has 1 amide bonds. The van der Waals surface area contributed by atoms with Gasteiger partial charge in [-0.15, -0.1) is 0 Å². The number of nitrogens with zero attached hydrogens (tertiary/aromatic N) is 2. The molecule has 0 spiro atoms. The number of hydrogen-bond donors (Lipinski definition) is 1. The van der Waals surface area contributed by atoms with Crippen LogP contribution in [0.15, 0.2) is 48.5 Å². The zero-order valence-corrected chi connectivity index (χ0v) is 13.5. The summed E-state index contributed by atoms with van der Waals surface area (Å²) < 4.78 is 13.3. The molecule has 1 heterocycles. The van der Waals surface area contributed by atoms with Gasteiger partial charge < -0.3 is 10.0 Å². The van der Waals surface area contributed by atoms with Crippen molar-refractivity contribution < 1.29 is 14.3 Å². The summed E-state index contributed by atoms with van der Waals surface area (Å²) in [7, 11) is 0. The number of aromatic hydroxyl groups is 1. The number of phenolic OH excluding ortho intramolecular Hbond substituents is 1. The van der Waals surface area contributed by atoms with Crippen molar-refractivity contribution in [3.05, 3.63) is 65.5 Å². The minimum Gasteiger partial charge on any atom is -0.508 e. The lowest BCUT2D eigenvalue weighted by Crippen LogP contribution is -2.48. The van der Waals surface area contributed by atoms with Crippen molar-refractivity contribution in [1.29, 1.82) is 0 Å². The summed E-state index contributed by atoms with van der Waals surface area (Å²) in [4.78, 5) is 16.3. The molecule has 2 aromatic rings. The molecule has 5 heteroatoms. The first kappa shape index (κ1) is 16.5. The Kier molecular flexibility index (Phi) is 5.11. The van der Waals surface area contributed by atoms with Gasteiger partial charge in [0.05, 0.1) is 6.42 Å². The number of amides is 1. The molecule has 1 saturated heterocycles. The first-order chi connectivity index (χ1) is 11.6. The highest BCUT2D eigenvalue weighted by Gasteiger charge is 2.21. The van der Waals surface area contributed by atoms with E-state index in [2.05, 4.69) is 4.90 Å². The Hall–Kier alpha value is -2.40. The molecule has 24 heavy (non-hydrogen) atoms. The van der Waals surface area contributed by atoms with E-state index in [1.165, 1.54) is 18.2 Å². The van der Waals surface area contributed by atoms with Crippen LogP contribution in [0.25, 0.3) is 0 Å². The second-order valence-corrected chi connectivity index (χ2v) is 6.09. The molecule has 2 aromatic carbocycles. The molecule has 4 nitrogen and oxygen atoms in total. The number of phenols is 1. The van der Waals surface area contributed by atoms with Crippen LogP contribution in [0.3, 0.4) is 0 Å². The number of rotatable bonds is 4. The van der Waals surface area contributed by atoms with Crippen LogP contribution in [0, 0.1) is 5.82 Å². The second kappa shape index (κ2) is 7.45. The van der Waals surface area contributed by atoms with Gasteiger partial charge in [-0.1, -0.05) is 30.3 Å². The van der Waals surface area contributed by atoms with Crippen LogP contribution >= 0.6 is 0 Å². The van der Waals surface area contributed by atoms with E-state index in [4.69, 9.17) is 0 Å². The lowest BCUT2D eigenvalue weighted by molar-refractivity contribution is -0.132. The average Bonchev–Trinajstić information content (AvgIpc) is 2.60. The molecule has 3 rings (SSSR count). The summed E-state index contributed by atoms with van der Waals surface area (Å²) in [6.45, 7) is 3.24. The molecule has 1 aliphatic rings. The van der Waals surface area contributed by atoms with E-state index < -0.39 is 0 Å². The topological polar surface area (TPSA) is 43.8 Å². The number of carbonyl (C=O) groups excluding carboxylic acids is 1. The molecule has 0 saturated carbocycles. The molecule has 1 aliphatic heterocycles. The van der Waals surface area contributed by atoms with E-state index >= 15 is 0 Å². The highest BCUT2D eigenvalue weighted by Crippen LogP contribution is 2.20. The fourth-order valence-electron chi connectivity index (χ4n) is 2.96. The van der Waals surface area contributed by atoms with Gasteiger partial charge in [0.2, 0.25) is 5.91 Å². The number of piperazine rings is 1. The highest BCUT2D eigenvalue weighted by atomic mass is 19.1. The molecule has 0 atom stereocenters. The predicted molar refractivity (Wildman–Crippen MR) is 90.1 cm³/mol. The van der Waals surface area contributed by atoms with E-state index in [0.717, 1.165) is 18.7 Å². The first-order valence-corrected chi connectivity index (χ1v) is 8.13. The van der Waals surface area contributed by atoms with Crippen molar-refractivity contribution in [2.75, 3.05) is 26.2 Å². The molecule has 126 valence electrons. The van der Waals surface area contributed by atoms with Crippen LogP contribution in [-0.2, 0) is 17.8 Å². The Labute approximate surface area is 141 Å². The number of benzene rings is 2. The zero-order chi connectivity index (χ0) is 16.9. The third-order valence-corrected chi connectivity index (χ3v) is 4.36. The normalized spacial score (nSPS) is 15.5.